The summed E-state index contributed by atoms with van der Waals surface area (Å²) < 4.78 is 12.1. The quantitative estimate of drug-likeness (QED) is 0.446. The first-order chi connectivity index (χ1) is 12.2. The number of rotatable bonds is 5. The van der Waals surface area contributed by atoms with Crippen molar-refractivity contribution in [1.82, 2.24) is 0 Å². The molecule has 0 unspecified atom stereocenters. The van der Waals surface area contributed by atoms with Crippen LogP contribution in [0.1, 0.15) is 41.3 Å². The van der Waals surface area contributed by atoms with Gasteiger partial charge in [0.15, 0.2) is 11.5 Å². The van der Waals surface area contributed by atoms with Gasteiger partial charge in [-0.05, 0) is 78.5 Å². The molecule has 4 nitrogen and oxygen atoms in total. The molecule has 1 aliphatic rings. The smallest absolute Gasteiger partial charge is 0.174 e. The summed E-state index contributed by atoms with van der Waals surface area (Å²) in [7, 11) is 1.63. The molecule has 0 saturated carbocycles. The topological polar surface area (TPSA) is 54.6 Å². The number of aliphatic imine (C=N–C) groups is 1. The summed E-state index contributed by atoms with van der Waals surface area (Å²) in [6.07, 6.45) is 6.24. The molecule has 0 saturated heterocycles. The predicted octanol–water partition coefficient (Wildman–Crippen LogP) is 5.26. The van der Waals surface area contributed by atoms with Crippen molar-refractivity contribution in [1.29, 1.82) is 5.26 Å². The molecule has 6 heteroatoms. The highest BCUT2D eigenvalue weighted by Gasteiger charge is 2.20. The Hall–Kier alpha value is -1.59. The molecule has 1 aromatic carbocycles. The first kappa shape index (κ1) is 18.2. The largest absolute Gasteiger partial charge is 0.493 e. The molecule has 0 bridgehead atoms. The van der Waals surface area contributed by atoms with Crippen molar-refractivity contribution in [3.63, 3.8) is 0 Å². The van der Waals surface area contributed by atoms with Crippen LogP contribution in [-0.4, -0.2) is 19.9 Å². The average Bonchev–Trinajstić information content (AvgIpc) is 2.99. The van der Waals surface area contributed by atoms with Crippen LogP contribution in [0.2, 0.25) is 0 Å². The maximum atomic E-state index is 9.53. The number of hydrogen-bond acceptors (Lipinski definition) is 5. The van der Waals surface area contributed by atoms with Gasteiger partial charge in [-0.15, -0.1) is 11.3 Å². The van der Waals surface area contributed by atoms with Crippen LogP contribution >= 0.6 is 33.9 Å². The van der Waals surface area contributed by atoms with E-state index in [0.717, 1.165) is 44.7 Å². The monoisotopic (exact) mass is 466 g/mol. The van der Waals surface area contributed by atoms with Gasteiger partial charge in [-0.1, -0.05) is 0 Å². The molecule has 0 fully saturated rings. The van der Waals surface area contributed by atoms with E-state index in [1.165, 1.54) is 16.9 Å². The summed E-state index contributed by atoms with van der Waals surface area (Å²) in [6.45, 7) is 2.54. The number of nitrogens with zero attached hydrogens (tertiary/aromatic N) is 2. The van der Waals surface area contributed by atoms with Gasteiger partial charge in [-0.25, -0.2) is 4.99 Å². The molecule has 1 heterocycles. The van der Waals surface area contributed by atoms with Crippen molar-refractivity contribution in [2.45, 2.75) is 32.6 Å². The lowest BCUT2D eigenvalue weighted by atomic mass is 9.96. The van der Waals surface area contributed by atoms with Crippen LogP contribution in [0, 0.1) is 14.9 Å². The third-order valence-electron chi connectivity index (χ3n) is 4.14. The lowest BCUT2D eigenvalue weighted by Crippen LogP contribution is -1.99. The van der Waals surface area contributed by atoms with Gasteiger partial charge in [-0.3, -0.25) is 0 Å². The Kier molecular flexibility index (Phi) is 5.97. The molecule has 1 aliphatic carbocycles. The average molecular weight is 466 g/mol. The molecule has 0 N–H and O–H groups in total. The number of ether oxygens (including phenoxy) is 2. The van der Waals surface area contributed by atoms with Crippen molar-refractivity contribution in [3.05, 3.63) is 37.3 Å². The molecular weight excluding hydrogens is 447 g/mol. The van der Waals surface area contributed by atoms with Gasteiger partial charge in [0, 0.05) is 11.1 Å². The van der Waals surface area contributed by atoms with Gasteiger partial charge in [0.1, 0.15) is 11.1 Å². The van der Waals surface area contributed by atoms with Crippen LogP contribution in [0.4, 0.5) is 5.00 Å². The standard InChI is InChI=1S/C19H19IN2O2S/c1-3-24-18-15(20)8-12(9-16(18)23-2)11-22-19-14(10-21)13-6-4-5-7-17(13)25-19/h8-9,11H,3-7H2,1-2H3. The first-order valence-electron chi connectivity index (χ1n) is 8.27. The molecule has 2 aromatic rings. The minimum absolute atomic E-state index is 0.589. The van der Waals surface area contributed by atoms with E-state index in [9.17, 15) is 5.26 Å². The Morgan fingerprint density at radius 1 is 1.36 bits per heavy atom. The second-order valence-electron chi connectivity index (χ2n) is 5.73. The van der Waals surface area contributed by atoms with Crippen LogP contribution in [-0.2, 0) is 12.8 Å². The summed E-state index contributed by atoms with van der Waals surface area (Å²) in [5, 5.41) is 10.3. The minimum Gasteiger partial charge on any atom is -0.493 e. The molecule has 0 atom stereocenters. The zero-order valence-electron chi connectivity index (χ0n) is 14.3. The van der Waals surface area contributed by atoms with E-state index in [4.69, 9.17) is 9.47 Å². The fraction of sp³-hybridized carbons (Fsp3) is 0.368. The number of nitriles is 1. The Morgan fingerprint density at radius 2 is 2.16 bits per heavy atom. The van der Waals surface area contributed by atoms with E-state index in [0.29, 0.717) is 12.4 Å². The van der Waals surface area contributed by atoms with E-state index in [-0.39, 0.29) is 0 Å². The summed E-state index contributed by atoms with van der Waals surface area (Å²) in [4.78, 5) is 5.94. The number of thiophene rings is 1. The highest BCUT2D eigenvalue weighted by Crippen LogP contribution is 2.39. The normalized spacial score (nSPS) is 13.5. The van der Waals surface area contributed by atoms with Crippen LogP contribution in [0.15, 0.2) is 17.1 Å². The zero-order chi connectivity index (χ0) is 17.8. The van der Waals surface area contributed by atoms with E-state index >= 15 is 0 Å². The summed E-state index contributed by atoms with van der Waals surface area (Å²) in [5.41, 5.74) is 2.90. The third kappa shape index (κ3) is 3.82. The van der Waals surface area contributed by atoms with E-state index in [2.05, 4.69) is 33.7 Å². The first-order valence-corrected chi connectivity index (χ1v) is 10.2. The molecule has 3 rings (SSSR count). The van der Waals surface area contributed by atoms with Crippen molar-refractivity contribution in [3.8, 4) is 17.6 Å². The molecule has 0 spiro atoms. The molecular formula is C19H19IN2O2S. The fourth-order valence-electron chi connectivity index (χ4n) is 2.99. The number of fused-ring (bicyclic) bond motifs is 1. The number of halogens is 1. The zero-order valence-corrected chi connectivity index (χ0v) is 17.2. The highest BCUT2D eigenvalue weighted by atomic mass is 127. The number of benzene rings is 1. The van der Waals surface area contributed by atoms with Crippen molar-refractivity contribution in [2.24, 2.45) is 4.99 Å². The van der Waals surface area contributed by atoms with Crippen molar-refractivity contribution < 1.29 is 9.47 Å². The number of hydrogen-bond donors (Lipinski definition) is 0. The van der Waals surface area contributed by atoms with Crippen LogP contribution in [0.5, 0.6) is 11.5 Å². The molecule has 130 valence electrons. The summed E-state index contributed by atoms with van der Waals surface area (Å²) in [6, 6.07) is 6.27. The Morgan fingerprint density at radius 3 is 2.88 bits per heavy atom. The third-order valence-corrected chi connectivity index (χ3v) is 6.14. The summed E-state index contributed by atoms with van der Waals surface area (Å²) >= 11 is 3.89. The van der Waals surface area contributed by atoms with E-state index in [1.807, 2.05) is 19.1 Å². The fourth-order valence-corrected chi connectivity index (χ4v) is 4.95. The second kappa shape index (κ2) is 8.19. The van der Waals surface area contributed by atoms with E-state index in [1.54, 1.807) is 24.7 Å². The molecule has 0 radical (unpaired) electrons. The SMILES string of the molecule is CCOc1c(I)cc(C=Nc2sc3c(c2C#N)CCCC3)cc1OC. The maximum Gasteiger partial charge on any atom is 0.174 e. The Balaban J connectivity index is 1.94. The lowest BCUT2D eigenvalue weighted by Gasteiger charge is -2.11. The van der Waals surface area contributed by atoms with Gasteiger partial charge in [0.05, 0.1) is 22.9 Å². The highest BCUT2D eigenvalue weighted by molar-refractivity contribution is 14.1. The minimum atomic E-state index is 0.589. The molecule has 0 amide bonds. The second-order valence-corrected chi connectivity index (χ2v) is 7.97. The maximum absolute atomic E-state index is 9.53. The number of aryl methyl sites for hydroxylation is 1. The lowest BCUT2D eigenvalue weighted by molar-refractivity contribution is 0.308. The van der Waals surface area contributed by atoms with Gasteiger partial charge < -0.3 is 9.47 Å². The number of methoxy groups -OCH3 is 1. The Bertz CT molecular complexity index is 852. The van der Waals surface area contributed by atoms with Gasteiger partial charge in [0.2, 0.25) is 0 Å². The Labute approximate surface area is 165 Å². The van der Waals surface area contributed by atoms with Gasteiger partial charge in [0.25, 0.3) is 0 Å². The van der Waals surface area contributed by atoms with Gasteiger partial charge >= 0.3 is 0 Å². The summed E-state index contributed by atoms with van der Waals surface area (Å²) in [5.74, 6) is 1.45. The van der Waals surface area contributed by atoms with Crippen LogP contribution in [0.3, 0.4) is 0 Å². The van der Waals surface area contributed by atoms with Crippen molar-refractivity contribution in [2.75, 3.05) is 13.7 Å². The van der Waals surface area contributed by atoms with Crippen LogP contribution < -0.4 is 9.47 Å². The molecule has 25 heavy (non-hydrogen) atoms. The molecule has 1 aromatic heterocycles. The molecule has 0 aliphatic heterocycles. The van der Waals surface area contributed by atoms with Crippen LogP contribution in [0.25, 0.3) is 0 Å². The van der Waals surface area contributed by atoms with Gasteiger partial charge in [-0.2, -0.15) is 5.26 Å². The van der Waals surface area contributed by atoms with Crippen molar-refractivity contribution >= 4 is 45.1 Å². The van der Waals surface area contributed by atoms with E-state index < -0.39 is 0 Å². The predicted molar refractivity (Wildman–Crippen MR) is 110 cm³/mol.